The van der Waals surface area contributed by atoms with Crippen molar-refractivity contribution in [2.75, 3.05) is 6.61 Å². The average molecular weight is 246 g/mol. The number of nitriles is 1. The summed E-state index contributed by atoms with van der Waals surface area (Å²) < 4.78 is 14.7. The molecule has 2 aromatic rings. The highest BCUT2D eigenvalue weighted by Crippen LogP contribution is 2.22. The van der Waals surface area contributed by atoms with Crippen molar-refractivity contribution in [2.45, 2.75) is 13.0 Å². The van der Waals surface area contributed by atoms with Crippen LogP contribution in [0.5, 0.6) is 0 Å². The van der Waals surface area contributed by atoms with Crippen LogP contribution < -0.4 is 0 Å². The summed E-state index contributed by atoms with van der Waals surface area (Å²) in [5.74, 6) is -0.383. The molecule has 0 aliphatic rings. The highest BCUT2D eigenvalue weighted by Gasteiger charge is 2.14. The highest BCUT2D eigenvalue weighted by molar-refractivity contribution is 5.64. The van der Waals surface area contributed by atoms with Gasteiger partial charge in [-0.1, -0.05) is 17.3 Å². The zero-order valence-electron chi connectivity index (χ0n) is 9.54. The summed E-state index contributed by atoms with van der Waals surface area (Å²) in [5.41, 5.74) is 1.18. The smallest absolute Gasteiger partial charge is 0.190 e. The number of benzene rings is 1. The summed E-state index contributed by atoms with van der Waals surface area (Å²) in [4.78, 5) is 0. The van der Waals surface area contributed by atoms with Gasteiger partial charge in [-0.3, -0.25) is 0 Å². The van der Waals surface area contributed by atoms with Gasteiger partial charge in [0.1, 0.15) is 17.6 Å². The van der Waals surface area contributed by atoms with Crippen molar-refractivity contribution in [2.24, 2.45) is 0 Å². The SMILES string of the molecule is N#Cc1nnn(CCCO)c1-c1cccc(F)c1. The first-order valence-electron chi connectivity index (χ1n) is 5.46. The van der Waals surface area contributed by atoms with E-state index >= 15 is 0 Å². The standard InChI is InChI=1S/C12H11FN4O/c13-10-4-1-3-9(7-10)12-11(8-14)15-16-17(12)5-2-6-18/h1,3-4,7,18H,2,5-6H2. The third-order valence-electron chi connectivity index (χ3n) is 2.47. The zero-order valence-corrected chi connectivity index (χ0v) is 9.54. The lowest BCUT2D eigenvalue weighted by molar-refractivity contribution is 0.276. The maximum atomic E-state index is 13.2. The summed E-state index contributed by atoms with van der Waals surface area (Å²) in [5, 5.41) is 25.4. The van der Waals surface area contributed by atoms with Crippen LogP contribution in [0.25, 0.3) is 11.3 Å². The van der Waals surface area contributed by atoms with E-state index in [0.29, 0.717) is 24.2 Å². The number of aryl methyl sites for hydroxylation is 1. The lowest BCUT2D eigenvalue weighted by Gasteiger charge is -2.05. The maximum Gasteiger partial charge on any atom is 0.190 e. The zero-order chi connectivity index (χ0) is 13.0. The quantitative estimate of drug-likeness (QED) is 0.883. The van der Waals surface area contributed by atoms with E-state index in [1.54, 1.807) is 12.1 Å². The largest absolute Gasteiger partial charge is 0.396 e. The third-order valence-corrected chi connectivity index (χ3v) is 2.47. The van der Waals surface area contributed by atoms with Crippen molar-refractivity contribution in [3.8, 4) is 17.3 Å². The molecule has 18 heavy (non-hydrogen) atoms. The van der Waals surface area contributed by atoms with Gasteiger partial charge in [-0.2, -0.15) is 5.26 Å². The van der Waals surface area contributed by atoms with E-state index in [2.05, 4.69) is 10.3 Å². The monoisotopic (exact) mass is 246 g/mol. The molecule has 2 rings (SSSR count). The minimum absolute atomic E-state index is 0.0182. The van der Waals surface area contributed by atoms with Crippen LogP contribution in [0, 0.1) is 17.1 Å². The molecular formula is C12H11FN4O. The first-order valence-corrected chi connectivity index (χ1v) is 5.46. The molecule has 6 heteroatoms. The number of aliphatic hydroxyl groups is 1. The van der Waals surface area contributed by atoms with E-state index in [1.165, 1.54) is 16.8 Å². The molecule has 0 spiro atoms. The van der Waals surface area contributed by atoms with Crippen LogP contribution in [0.3, 0.4) is 0 Å². The van der Waals surface area contributed by atoms with Gasteiger partial charge in [0.05, 0.1) is 0 Å². The van der Waals surface area contributed by atoms with E-state index in [1.807, 2.05) is 6.07 Å². The second-order valence-electron chi connectivity index (χ2n) is 3.71. The summed E-state index contributed by atoms with van der Waals surface area (Å²) in [6.45, 7) is 0.446. The van der Waals surface area contributed by atoms with Crippen molar-refractivity contribution >= 4 is 0 Å². The topological polar surface area (TPSA) is 74.7 Å². The number of halogens is 1. The maximum absolute atomic E-state index is 13.2. The Morgan fingerprint density at radius 1 is 1.44 bits per heavy atom. The Balaban J connectivity index is 2.47. The van der Waals surface area contributed by atoms with E-state index in [9.17, 15) is 4.39 Å². The van der Waals surface area contributed by atoms with E-state index in [4.69, 9.17) is 10.4 Å². The second kappa shape index (κ2) is 5.38. The minimum atomic E-state index is -0.383. The van der Waals surface area contributed by atoms with Gasteiger partial charge in [-0.15, -0.1) is 5.10 Å². The Labute approximate surface area is 103 Å². The third kappa shape index (κ3) is 2.36. The molecule has 5 nitrogen and oxygen atoms in total. The van der Waals surface area contributed by atoms with E-state index < -0.39 is 0 Å². The van der Waals surface area contributed by atoms with Crippen LogP contribution in [0.15, 0.2) is 24.3 Å². The molecule has 0 fully saturated rings. The Hall–Kier alpha value is -2.26. The van der Waals surface area contributed by atoms with Crippen LogP contribution >= 0.6 is 0 Å². The fourth-order valence-corrected chi connectivity index (χ4v) is 1.69. The first kappa shape index (κ1) is 12.2. The van der Waals surface area contributed by atoms with Crippen LogP contribution in [0.2, 0.25) is 0 Å². The van der Waals surface area contributed by atoms with Crippen molar-refractivity contribution in [1.82, 2.24) is 15.0 Å². The van der Waals surface area contributed by atoms with Gasteiger partial charge in [0.2, 0.25) is 0 Å². The van der Waals surface area contributed by atoms with Gasteiger partial charge < -0.3 is 5.11 Å². The molecule has 1 N–H and O–H groups in total. The van der Waals surface area contributed by atoms with Gasteiger partial charge in [-0.05, 0) is 18.6 Å². The molecule has 1 aromatic carbocycles. The average Bonchev–Trinajstić information content (AvgIpc) is 2.79. The lowest BCUT2D eigenvalue weighted by atomic mass is 10.1. The van der Waals surface area contributed by atoms with Crippen LogP contribution in [0.4, 0.5) is 4.39 Å². The second-order valence-corrected chi connectivity index (χ2v) is 3.71. The Morgan fingerprint density at radius 3 is 2.94 bits per heavy atom. The summed E-state index contributed by atoms with van der Waals surface area (Å²) >= 11 is 0. The molecule has 1 heterocycles. The van der Waals surface area contributed by atoms with Crippen molar-refractivity contribution in [3.63, 3.8) is 0 Å². The molecule has 0 saturated heterocycles. The number of aromatic nitrogens is 3. The molecule has 0 unspecified atom stereocenters. The molecule has 0 aliphatic carbocycles. The van der Waals surface area contributed by atoms with E-state index in [-0.39, 0.29) is 18.1 Å². The molecule has 0 bridgehead atoms. The fourth-order valence-electron chi connectivity index (χ4n) is 1.69. The van der Waals surface area contributed by atoms with E-state index in [0.717, 1.165) is 0 Å². The van der Waals surface area contributed by atoms with Crippen LogP contribution in [-0.2, 0) is 6.54 Å². The molecule has 0 atom stereocenters. The number of aliphatic hydroxyl groups excluding tert-OH is 1. The van der Waals surface area contributed by atoms with Gasteiger partial charge in [0.15, 0.2) is 5.69 Å². The Bertz CT molecular complexity index is 588. The molecule has 1 aromatic heterocycles. The number of nitrogens with zero attached hydrogens (tertiary/aromatic N) is 4. The fraction of sp³-hybridized carbons (Fsp3) is 0.250. The predicted octanol–water partition coefficient (Wildman–Crippen LogP) is 1.34. The molecular weight excluding hydrogens is 235 g/mol. The molecule has 92 valence electrons. The van der Waals surface area contributed by atoms with Crippen molar-refractivity contribution < 1.29 is 9.50 Å². The summed E-state index contributed by atoms with van der Waals surface area (Å²) in [7, 11) is 0. The van der Waals surface area contributed by atoms with Crippen molar-refractivity contribution in [3.05, 3.63) is 35.8 Å². The summed E-state index contributed by atoms with van der Waals surface area (Å²) in [6.07, 6.45) is 0.497. The molecule has 0 amide bonds. The summed E-state index contributed by atoms with van der Waals surface area (Å²) in [6, 6.07) is 7.85. The highest BCUT2D eigenvalue weighted by atomic mass is 19.1. The minimum Gasteiger partial charge on any atom is -0.396 e. The number of rotatable bonds is 4. The molecule has 0 aliphatic heterocycles. The van der Waals surface area contributed by atoms with Gasteiger partial charge in [0.25, 0.3) is 0 Å². The Morgan fingerprint density at radius 2 is 2.28 bits per heavy atom. The van der Waals surface area contributed by atoms with Gasteiger partial charge in [-0.25, -0.2) is 9.07 Å². The normalized spacial score (nSPS) is 10.3. The van der Waals surface area contributed by atoms with Gasteiger partial charge in [0, 0.05) is 18.7 Å². The first-order chi connectivity index (χ1) is 8.76. The molecule has 0 radical (unpaired) electrons. The van der Waals surface area contributed by atoms with Gasteiger partial charge >= 0.3 is 0 Å². The number of hydrogen-bond donors (Lipinski definition) is 1. The van der Waals surface area contributed by atoms with Crippen LogP contribution in [0.1, 0.15) is 12.1 Å². The van der Waals surface area contributed by atoms with Crippen molar-refractivity contribution in [1.29, 1.82) is 5.26 Å². The van der Waals surface area contributed by atoms with Crippen LogP contribution in [-0.4, -0.2) is 26.7 Å². The number of hydrogen-bond acceptors (Lipinski definition) is 4. The predicted molar refractivity (Wildman–Crippen MR) is 61.8 cm³/mol. The Kier molecular flexibility index (Phi) is 3.65. The lowest BCUT2D eigenvalue weighted by Crippen LogP contribution is -2.04. The molecule has 0 saturated carbocycles.